The van der Waals surface area contributed by atoms with Gasteiger partial charge in [-0.05, 0) is 53.0 Å². The molecule has 0 saturated heterocycles. The Hall–Kier alpha value is -1.13. The lowest BCUT2D eigenvalue weighted by Crippen LogP contribution is -2.28. The molecule has 2 aromatic rings. The number of hydrogen-bond acceptors (Lipinski definition) is 2. The highest BCUT2D eigenvalue weighted by atomic mass is 79.9. The van der Waals surface area contributed by atoms with Crippen LogP contribution >= 0.6 is 27.3 Å². The normalized spacial score (nSPS) is 11.5. The fourth-order valence-electron chi connectivity index (χ4n) is 1.81. The smallest absolute Gasteiger partial charge is 0.313 e. The van der Waals surface area contributed by atoms with Crippen molar-refractivity contribution in [1.82, 2.24) is 0 Å². The molecule has 0 amide bonds. The van der Waals surface area contributed by atoms with Gasteiger partial charge >= 0.3 is 5.97 Å². The van der Waals surface area contributed by atoms with Gasteiger partial charge in [-0.1, -0.05) is 24.3 Å². The van der Waals surface area contributed by atoms with Gasteiger partial charge in [0.15, 0.2) is 0 Å². The van der Waals surface area contributed by atoms with Gasteiger partial charge in [-0.2, -0.15) is 0 Å². The zero-order valence-corrected chi connectivity index (χ0v) is 13.2. The van der Waals surface area contributed by atoms with Crippen LogP contribution in [0.2, 0.25) is 0 Å². The van der Waals surface area contributed by atoms with Crippen molar-refractivity contribution in [1.29, 1.82) is 0 Å². The van der Waals surface area contributed by atoms with Crippen LogP contribution in [-0.4, -0.2) is 11.1 Å². The zero-order chi connectivity index (χ0) is 14.0. The van der Waals surface area contributed by atoms with Crippen LogP contribution in [0.5, 0.6) is 0 Å². The quantitative estimate of drug-likeness (QED) is 0.893. The van der Waals surface area contributed by atoms with Gasteiger partial charge in [0.25, 0.3) is 0 Å². The summed E-state index contributed by atoms with van der Waals surface area (Å²) >= 11 is 5.17. The van der Waals surface area contributed by atoms with Crippen molar-refractivity contribution in [3.8, 4) is 0 Å². The van der Waals surface area contributed by atoms with Crippen molar-refractivity contribution in [2.45, 2.75) is 25.7 Å². The summed E-state index contributed by atoms with van der Waals surface area (Å²) in [6, 6.07) is 12.0. The molecule has 4 heteroatoms. The van der Waals surface area contributed by atoms with Crippen LogP contribution in [-0.2, 0) is 16.6 Å². The molecule has 1 N–H and O–H groups in total. The molecule has 0 fully saturated rings. The Morgan fingerprint density at radius 2 is 1.84 bits per heavy atom. The molecular weight excluding hydrogens is 324 g/mol. The number of carboxylic acids is 1. The Morgan fingerprint density at radius 3 is 2.32 bits per heavy atom. The fraction of sp³-hybridized carbons (Fsp3) is 0.267. The molecule has 1 aromatic heterocycles. The summed E-state index contributed by atoms with van der Waals surface area (Å²) in [7, 11) is 0. The van der Waals surface area contributed by atoms with Gasteiger partial charge < -0.3 is 5.11 Å². The Labute approximate surface area is 125 Å². The van der Waals surface area contributed by atoms with E-state index >= 15 is 0 Å². The summed E-state index contributed by atoms with van der Waals surface area (Å²) in [5.41, 5.74) is 1.18. The van der Waals surface area contributed by atoms with Crippen LogP contribution in [0.3, 0.4) is 0 Å². The van der Waals surface area contributed by atoms with Crippen molar-refractivity contribution < 1.29 is 9.90 Å². The van der Waals surface area contributed by atoms with Gasteiger partial charge in [0.2, 0.25) is 0 Å². The highest BCUT2D eigenvalue weighted by Crippen LogP contribution is 2.26. The molecule has 100 valence electrons. The van der Waals surface area contributed by atoms with Crippen molar-refractivity contribution >= 4 is 33.2 Å². The minimum absolute atomic E-state index is 0.803. The fourth-order valence-corrected chi connectivity index (χ4v) is 3.33. The highest BCUT2D eigenvalue weighted by Gasteiger charge is 2.29. The van der Waals surface area contributed by atoms with E-state index in [1.54, 1.807) is 25.2 Å². The molecule has 0 spiro atoms. The maximum absolute atomic E-state index is 11.2. The van der Waals surface area contributed by atoms with Gasteiger partial charge in [-0.3, -0.25) is 4.79 Å². The van der Waals surface area contributed by atoms with E-state index in [1.165, 1.54) is 10.4 Å². The number of aliphatic carboxylic acids is 1. The van der Waals surface area contributed by atoms with Gasteiger partial charge in [0.05, 0.1) is 9.20 Å². The number of rotatable bonds is 4. The predicted molar refractivity (Wildman–Crippen MR) is 81.9 cm³/mol. The molecule has 0 aliphatic rings. The number of hydrogen-bond donors (Lipinski definition) is 1. The van der Waals surface area contributed by atoms with Gasteiger partial charge in [-0.25, -0.2) is 0 Å². The first kappa shape index (κ1) is 14.3. The summed E-state index contributed by atoms with van der Waals surface area (Å²) in [5.74, 6) is -0.803. The largest absolute Gasteiger partial charge is 0.481 e. The van der Waals surface area contributed by atoms with Crippen LogP contribution in [0, 0.1) is 0 Å². The molecule has 1 aromatic carbocycles. The lowest BCUT2D eigenvalue weighted by atomic mass is 9.84. The first-order chi connectivity index (χ1) is 8.89. The van der Waals surface area contributed by atoms with E-state index in [4.69, 9.17) is 0 Å². The lowest BCUT2D eigenvalue weighted by molar-refractivity contribution is -0.142. The maximum Gasteiger partial charge on any atom is 0.313 e. The lowest BCUT2D eigenvalue weighted by Gasteiger charge is -2.19. The van der Waals surface area contributed by atoms with E-state index in [-0.39, 0.29) is 0 Å². The standard InChI is InChI=1S/C15H15BrO2S/c1-15(2,14(17)18)11-5-3-10(4-6-11)9-12-7-8-13(16)19-12/h3-8H,9H2,1-2H3,(H,17,18). The third kappa shape index (κ3) is 3.25. The van der Waals surface area contributed by atoms with Crippen molar-refractivity contribution in [3.63, 3.8) is 0 Å². The van der Waals surface area contributed by atoms with Crippen LogP contribution in [0.1, 0.15) is 29.9 Å². The zero-order valence-electron chi connectivity index (χ0n) is 10.8. The Balaban J connectivity index is 2.17. The second-order valence-corrected chi connectivity index (χ2v) is 7.56. The number of carboxylic acid groups (broad SMARTS) is 1. The van der Waals surface area contributed by atoms with E-state index in [9.17, 15) is 9.90 Å². The topological polar surface area (TPSA) is 37.3 Å². The predicted octanol–water partition coefficient (Wildman–Crippen LogP) is 4.46. The summed E-state index contributed by atoms with van der Waals surface area (Å²) in [4.78, 5) is 12.5. The maximum atomic E-state index is 11.2. The monoisotopic (exact) mass is 338 g/mol. The highest BCUT2D eigenvalue weighted by molar-refractivity contribution is 9.11. The average molecular weight is 339 g/mol. The molecule has 2 rings (SSSR count). The summed E-state index contributed by atoms with van der Waals surface area (Å²) in [6.45, 7) is 3.45. The number of halogens is 1. The average Bonchev–Trinajstić information content (AvgIpc) is 2.75. The minimum atomic E-state index is -0.843. The van der Waals surface area contributed by atoms with Gasteiger partial charge in [0, 0.05) is 11.3 Å². The van der Waals surface area contributed by atoms with Crippen molar-refractivity contribution in [2.75, 3.05) is 0 Å². The molecule has 0 unspecified atom stereocenters. The summed E-state index contributed by atoms with van der Waals surface area (Å²) in [5, 5.41) is 9.20. The molecule has 0 aliphatic heterocycles. The SMILES string of the molecule is CC(C)(C(=O)O)c1ccc(Cc2ccc(Br)s2)cc1. The number of benzene rings is 1. The van der Waals surface area contributed by atoms with Gasteiger partial charge in [-0.15, -0.1) is 11.3 Å². The first-order valence-electron chi connectivity index (χ1n) is 5.96. The van der Waals surface area contributed by atoms with Crippen LogP contribution in [0.4, 0.5) is 0 Å². The molecule has 0 saturated carbocycles. The second-order valence-electron chi connectivity index (χ2n) is 5.01. The summed E-state index contributed by atoms with van der Waals surface area (Å²) in [6.07, 6.45) is 0.879. The molecule has 2 nitrogen and oxygen atoms in total. The third-order valence-electron chi connectivity index (χ3n) is 3.22. The van der Waals surface area contributed by atoms with E-state index in [0.29, 0.717) is 0 Å². The second kappa shape index (κ2) is 5.47. The Bertz CT molecular complexity index is 584. The van der Waals surface area contributed by atoms with Crippen molar-refractivity contribution in [3.05, 3.63) is 56.2 Å². The van der Waals surface area contributed by atoms with Gasteiger partial charge in [0.1, 0.15) is 0 Å². The van der Waals surface area contributed by atoms with Crippen LogP contribution in [0.15, 0.2) is 40.2 Å². The third-order valence-corrected chi connectivity index (χ3v) is 4.84. The molecular formula is C15H15BrO2S. The van der Waals surface area contributed by atoms with Crippen LogP contribution in [0.25, 0.3) is 0 Å². The van der Waals surface area contributed by atoms with E-state index in [2.05, 4.69) is 22.0 Å². The minimum Gasteiger partial charge on any atom is -0.481 e. The van der Waals surface area contributed by atoms with E-state index in [1.807, 2.05) is 30.3 Å². The molecule has 0 atom stereocenters. The molecule has 1 heterocycles. The number of carbonyl (C=O) groups is 1. The van der Waals surface area contributed by atoms with E-state index < -0.39 is 11.4 Å². The van der Waals surface area contributed by atoms with E-state index in [0.717, 1.165) is 15.8 Å². The van der Waals surface area contributed by atoms with Crippen LogP contribution < -0.4 is 0 Å². The molecule has 0 bridgehead atoms. The molecule has 0 radical (unpaired) electrons. The molecule has 0 aliphatic carbocycles. The Morgan fingerprint density at radius 1 is 1.21 bits per heavy atom. The first-order valence-corrected chi connectivity index (χ1v) is 7.57. The number of thiophene rings is 1. The Kier molecular flexibility index (Phi) is 4.11. The molecule has 19 heavy (non-hydrogen) atoms. The summed E-state index contributed by atoms with van der Waals surface area (Å²) < 4.78 is 1.13. The van der Waals surface area contributed by atoms with Crippen molar-refractivity contribution in [2.24, 2.45) is 0 Å².